The number of nitrogens with one attached hydrogen (secondary N) is 2. The molecule has 0 saturated heterocycles. The molecular weight excluding hydrogens is 246 g/mol. The van der Waals surface area contributed by atoms with Crippen LogP contribution in [0.2, 0.25) is 0 Å². The second-order valence-electron chi connectivity index (χ2n) is 6.31. The van der Waals surface area contributed by atoms with Crippen LogP contribution in [0.4, 0.5) is 4.79 Å². The highest BCUT2D eigenvalue weighted by atomic mass is 16.6. The van der Waals surface area contributed by atoms with E-state index >= 15 is 0 Å². The minimum atomic E-state index is -0.518. The molecule has 0 radical (unpaired) electrons. The number of rotatable bonds is 3. The van der Waals surface area contributed by atoms with Crippen LogP contribution in [0.25, 0.3) is 0 Å². The predicted molar refractivity (Wildman–Crippen MR) is 71.2 cm³/mol. The highest BCUT2D eigenvalue weighted by molar-refractivity contribution is 5.66. The van der Waals surface area contributed by atoms with Crippen LogP contribution in [0.1, 0.15) is 47.2 Å². The molecule has 19 heavy (non-hydrogen) atoms. The fourth-order valence-corrected chi connectivity index (χ4v) is 1.22. The van der Waals surface area contributed by atoms with Crippen molar-refractivity contribution < 1.29 is 9.53 Å². The highest BCUT2D eigenvalue weighted by Crippen LogP contribution is 2.11. The molecule has 0 aromatic carbocycles. The minimum absolute atomic E-state index is 0.107. The zero-order chi connectivity index (χ0) is 14.7. The van der Waals surface area contributed by atoms with E-state index in [9.17, 15) is 4.79 Å². The van der Waals surface area contributed by atoms with Gasteiger partial charge in [-0.2, -0.15) is 0 Å². The van der Waals surface area contributed by atoms with E-state index in [0.717, 1.165) is 5.69 Å². The maximum Gasteiger partial charge on any atom is 0.422 e. The molecule has 0 aliphatic heterocycles. The molecule has 0 aliphatic rings. The Morgan fingerprint density at radius 2 is 1.95 bits per heavy atom. The molecule has 1 amide bonds. The standard InChI is InChI=1S/C12H23N5O2/c1-11(2,3)17-8-9(14-16-17)7-13-15-10(18)19-12(4,5)6/h8,13H,7H2,1-6H3,(H,15,18). The van der Waals surface area contributed by atoms with E-state index in [1.807, 2.05) is 47.7 Å². The van der Waals surface area contributed by atoms with Gasteiger partial charge in [-0.25, -0.2) is 14.9 Å². The number of hydrazine groups is 1. The first kappa shape index (κ1) is 15.4. The average molecular weight is 269 g/mol. The molecule has 1 heterocycles. The van der Waals surface area contributed by atoms with Crippen molar-refractivity contribution in [1.29, 1.82) is 0 Å². The Balaban J connectivity index is 2.38. The van der Waals surface area contributed by atoms with Gasteiger partial charge in [0.2, 0.25) is 0 Å². The Bertz CT molecular complexity index is 428. The van der Waals surface area contributed by atoms with Crippen molar-refractivity contribution >= 4 is 6.09 Å². The van der Waals surface area contributed by atoms with Gasteiger partial charge in [0, 0.05) is 0 Å². The second kappa shape index (κ2) is 5.56. The second-order valence-corrected chi connectivity index (χ2v) is 6.31. The molecule has 0 fully saturated rings. The van der Waals surface area contributed by atoms with Crippen LogP contribution in [-0.4, -0.2) is 26.7 Å². The molecule has 0 saturated carbocycles. The maximum atomic E-state index is 11.4. The summed E-state index contributed by atoms with van der Waals surface area (Å²) in [4.78, 5) is 11.4. The van der Waals surface area contributed by atoms with E-state index in [2.05, 4.69) is 21.2 Å². The number of carbonyl (C=O) groups excluding carboxylic acids is 1. The lowest BCUT2D eigenvalue weighted by molar-refractivity contribution is 0.0496. The third kappa shape index (κ3) is 5.69. The summed E-state index contributed by atoms with van der Waals surface area (Å²) in [5.41, 5.74) is 5.32. The summed E-state index contributed by atoms with van der Waals surface area (Å²) in [6.45, 7) is 11.9. The van der Waals surface area contributed by atoms with Gasteiger partial charge in [0.1, 0.15) is 5.60 Å². The van der Waals surface area contributed by atoms with Crippen LogP contribution in [-0.2, 0) is 16.8 Å². The molecule has 0 bridgehead atoms. The molecule has 0 unspecified atom stereocenters. The zero-order valence-electron chi connectivity index (χ0n) is 12.4. The van der Waals surface area contributed by atoms with E-state index in [4.69, 9.17) is 4.74 Å². The molecule has 108 valence electrons. The van der Waals surface area contributed by atoms with Crippen molar-refractivity contribution in [2.75, 3.05) is 0 Å². The molecular formula is C12H23N5O2. The lowest BCUT2D eigenvalue weighted by Crippen LogP contribution is -2.40. The van der Waals surface area contributed by atoms with Gasteiger partial charge in [0.15, 0.2) is 0 Å². The van der Waals surface area contributed by atoms with E-state index in [0.29, 0.717) is 6.54 Å². The fraction of sp³-hybridized carbons (Fsp3) is 0.750. The Hall–Kier alpha value is -1.63. The number of hydrogen-bond donors (Lipinski definition) is 2. The third-order valence-corrected chi connectivity index (χ3v) is 2.09. The first-order valence-electron chi connectivity index (χ1n) is 6.21. The summed E-state index contributed by atoms with van der Waals surface area (Å²) < 4.78 is 6.86. The third-order valence-electron chi connectivity index (χ3n) is 2.09. The Morgan fingerprint density at radius 1 is 1.32 bits per heavy atom. The number of carbonyl (C=O) groups is 1. The molecule has 2 N–H and O–H groups in total. The highest BCUT2D eigenvalue weighted by Gasteiger charge is 2.17. The molecule has 1 aromatic heterocycles. The zero-order valence-corrected chi connectivity index (χ0v) is 12.4. The average Bonchev–Trinajstić information content (AvgIpc) is 2.62. The van der Waals surface area contributed by atoms with Crippen molar-refractivity contribution in [3.8, 4) is 0 Å². The molecule has 0 aliphatic carbocycles. The topological polar surface area (TPSA) is 81.1 Å². The van der Waals surface area contributed by atoms with Crippen LogP contribution in [0.3, 0.4) is 0 Å². The summed E-state index contributed by atoms with van der Waals surface area (Å²) in [7, 11) is 0. The molecule has 1 aromatic rings. The quantitative estimate of drug-likeness (QED) is 0.814. The van der Waals surface area contributed by atoms with Gasteiger partial charge in [0.25, 0.3) is 0 Å². The van der Waals surface area contributed by atoms with Gasteiger partial charge in [-0.3, -0.25) is 5.43 Å². The smallest absolute Gasteiger partial charge is 0.422 e. The van der Waals surface area contributed by atoms with Crippen molar-refractivity contribution in [3.63, 3.8) is 0 Å². The van der Waals surface area contributed by atoms with Gasteiger partial charge in [-0.15, -0.1) is 5.10 Å². The number of aromatic nitrogens is 3. The SMILES string of the molecule is CC(C)(C)OC(=O)NNCc1cn(C(C)(C)C)nn1. The maximum absolute atomic E-state index is 11.4. The van der Waals surface area contributed by atoms with Gasteiger partial charge in [0.05, 0.1) is 24.0 Å². The van der Waals surface area contributed by atoms with Crippen LogP contribution < -0.4 is 10.9 Å². The van der Waals surface area contributed by atoms with Gasteiger partial charge >= 0.3 is 6.09 Å². The molecule has 0 spiro atoms. The molecule has 1 rings (SSSR count). The summed E-state index contributed by atoms with van der Waals surface area (Å²) in [5, 5.41) is 8.04. The van der Waals surface area contributed by atoms with Crippen LogP contribution in [0, 0.1) is 0 Å². The lowest BCUT2D eigenvalue weighted by Gasteiger charge is -2.19. The van der Waals surface area contributed by atoms with E-state index < -0.39 is 11.7 Å². The summed E-state index contributed by atoms with van der Waals surface area (Å²) >= 11 is 0. The normalized spacial score (nSPS) is 12.3. The number of amides is 1. The summed E-state index contributed by atoms with van der Waals surface area (Å²) in [6.07, 6.45) is 1.32. The lowest BCUT2D eigenvalue weighted by atomic mass is 10.1. The van der Waals surface area contributed by atoms with Crippen molar-refractivity contribution in [2.45, 2.75) is 59.2 Å². The van der Waals surface area contributed by atoms with E-state index in [1.54, 1.807) is 4.68 Å². The van der Waals surface area contributed by atoms with Crippen molar-refractivity contribution in [1.82, 2.24) is 25.8 Å². The summed E-state index contributed by atoms with van der Waals surface area (Å²) in [5.74, 6) is 0. The first-order chi connectivity index (χ1) is 8.58. The Labute approximate surface area is 113 Å². The minimum Gasteiger partial charge on any atom is -0.443 e. The van der Waals surface area contributed by atoms with Crippen LogP contribution in [0.5, 0.6) is 0 Å². The molecule has 0 atom stereocenters. The summed E-state index contributed by atoms with van der Waals surface area (Å²) in [6, 6.07) is 0. The number of ether oxygens (including phenoxy) is 1. The monoisotopic (exact) mass is 269 g/mol. The Kier molecular flexibility index (Phi) is 4.52. The van der Waals surface area contributed by atoms with Gasteiger partial charge in [-0.1, -0.05) is 5.21 Å². The van der Waals surface area contributed by atoms with Crippen molar-refractivity contribution in [3.05, 3.63) is 11.9 Å². The van der Waals surface area contributed by atoms with Crippen molar-refractivity contribution in [2.24, 2.45) is 0 Å². The van der Waals surface area contributed by atoms with Crippen LogP contribution in [0.15, 0.2) is 6.20 Å². The van der Waals surface area contributed by atoms with Crippen LogP contribution >= 0.6 is 0 Å². The Morgan fingerprint density at radius 3 is 2.42 bits per heavy atom. The predicted octanol–water partition coefficient (Wildman–Crippen LogP) is 1.56. The molecule has 7 heteroatoms. The first-order valence-corrected chi connectivity index (χ1v) is 6.21. The largest absolute Gasteiger partial charge is 0.443 e. The van der Waals surface area contributed by atoms with Gasteiger partial charge < -0.3 is 4.74 Å². The number of hydrogen-bond acceptors (Lipinski definition) is 5. The fourth-order valence-electron chi connectivity index (χ4n) is 1.22. The number of nitrogens with zero attached hydrogens (tertiary/aromatic N) is 3. The van der Waals surface area contributed by atoms with E-state index in [-0.39, 0.29) is 5.54 Å². The van der Waals surface area contributed by atoms with Gasteiger partial charge in [-0.05, 0) is 41.5 Å². The van der Waals surface area contributed by atoms with E-state index in [1.165, 1.54) is 0 Å². The molecule has 7 nitrogen and oxygen atoms in total.